The number of anilines is 1. The molecule has 1 saturated heterocycles. The van der Waals surface area contributed by atoms with Crippen molar-refractivity contribution in [3.8, 4) is 16.9 Å². The van der Waals surface area contributed by atoms with E-state index in [2.05, 4.69) is 35.8 Å². The summed E-state index contributed by atoms with van der Waals surface area (Å²) in [6, 6.07) is 4.85. The first-order chi connectivity index (χ1) is 16.0. The van der Waals surface area contributed by atoms with Crippen LogP contribution in [0.4, 0.5) is 10.2 Å². The number of aromatic nitrogens is 3. The van der Waals surface area contributed by atoms with Gasteiger partial charge in [-0.2, -0.15) is 5.10 Å². The van der Waals surface area contributed by atoms with Crippen LogP contribution in [0.5, 0.6) is 5.75 Å². The quantitative estimate of drug-likeness (QED) is 0.398. The van der Waals surface area contributed by atoms with Gasteiger partial charge in [0.2, 0.25) is 0 Å². The summed E-state index contributed by atoms with van der Waals surface area (Å²) in [5.74, 6) is 0.0333. The van der Waals surface area contributed by atoms with Crippen LogP contribution in [0.3, 0.4) is 0 Å². The molecule has 9 heteroatoms. The van der Waals surface area contributed by atoms with Gasteiger partial charge in [-0.15, -0.1) is 0 Å². The second-order valence-electron chi connectivity index (χ2n) is 9.72. The van der Waals surface area contributed by atoms with Gasteiger partial charge in [-0.25, -0.2) is 9.37 Å². The van der Waals surface area contributed by atoms with Crippen molar-refractivity contribution < 1.29 is 9.13 Å². The molecule has 0 aliphatic carbocycles. The third-order valence-corrected chi connectivity index (χ3v) is 7.11. The van der Waals surface area contributed by atoms with E-state index < -0.39 is 11.9 Å². The largest absolute Gasteiger partial charge is 0.482 e. The van der Waals surface area contributed by atoms with E-state index in [1.807, 2.05) is 23.1 Å². The first kappa shape index (κ1) is 24.8. The average molecular weight is 506 g/mol. The predicted octanol–water partition coefficient (Wildman–Crippen LogP) is 6.55. The van der Waals surface area contributed by atoms with E-state index in [0.29, 0.717) is 22.4 Å². The van der Waals surface area contributed by atoms with Gasteiger partial charge in [-0.05, 0) is 58.7 Å². The monoisotopic (exact) mass is 505 g/mol. The van der Waals surface area contributed by atoms with Crippen molar-refractivity contribution in [1.82, 2.24) is 19.7 Å². The van der Waals surface area contributed by atoms with E-state index >= 15 is 0 Å². The highest BCUT2D eigenvalue weighted by atomic mass is 35.5. The molecule has 34 heavy (non-hydrogen) atoms. The first-order valence-corrected chi connectivity index (χ1v) is 12.2. The summed E-state index contributed by atoms with van der Waals surface area (Å²) >= 11 is 12.4. The van der Waals surface area contributed by atoms with Crippen LogP contribution in [-0.2, 0) is 0 Å². The number of halogens is 3. The fraction of sp³-hybridized carbons (Fsp3) is 0.440. The van der Waals surface area contributed by atoms with Crippen LogP contribution < -0.4 is 10.5 Å². The van der Waals surface area contributed by atoms with E-state index in [1.165, 1.54) is 12.1 Å². The molecule has 182 valence electrons. The fourth-order valence-corrected chi connectivity index (χ4v) is 5.04. The topological polar surface area (TPSA) is 69.2 Å². The number of nitrogen functional groups attached to an aromatic ring is 1. The van der Waals surface area contributed by atoms with E-state index in [9.17, 15) is 4.39 Å². The minimum atomic E-state index is -0.634. The van der Waals surface area contributed by atoms with Crippen molar-refractivity contribution in [2.45, 2.75) is 58.2 Å². The standard InChI is InChI=1S/C25H30Cl2FN5O/c1-15(22-19(26)5-6-20(28)23(22)27)34-21-11-16(12-30-24(21)29)17-13-31-33(14-17)18-7-9-32(10-8-18)25(2,3)4/h5-6,11-15,18H,7-10H2,1-4H3,(H2,29,30)/t15-/m1/s1. The van der Waals surface area contributed by atoms with E-state index in [-0.39, 0.29) is 16.4 Å². The second kappa shape index (κ2) is 9.72. The molecule has 0 radical (unpaired) electrons. The molecule has 0 unspecified atom stereocenters. The van der Waals surface area contributed by atoms with Gasteiger partial charge in [0, 0.05) is 52.7 Å². The zero-order valence-electron chi connectivity index (χ0n) is 19.9. The summed E-state index contributed by atoms with van der Waals surface area (Å²) in [4.78, 5) is 6.81. The fourth-order valence-electron chi connectivity index (χ4n) is 4.36. The van der Waals surface area contributed by atoms with E-state index in [1.54, 1.807) is 13.1 Å². The van der Waals surface area contributed by atoms with Crippen molar-refractivity contribution in [2.75, 3.05) is 18.8 Å². The lowest BCUT2D eigenvalue weighted by molar-refractivity contribution is 0.0870. The molecule has 2 N–H and O–H groups in total. The summed E-state index contributed by atoms with van der Waals surface area (Å²) in [5, 5.41) is 4.87. The summed E-state index contributed by atoms with van der Waals surface area (Å²) in [6.07, 6.45) is 7.04. The summed E-state index contributed by atoms with van der Waals surface area (Å²) in [7, 11) is 0. The van der Waals surface area contributed by atoms with Gasteiger partial charge in [-0.1, -0.05) is 23.2 Å². The molecule has 2 aromatic heterocycles. The van der Waals surface area contributed by atoms with E-state index in [4.69, 9.17) is 33.7 Å². The highest BCUT2D eigenvalue weighted by Crippen LogP contribution is 2.37. The lowest BCUT2D eigenvalue weighted by Gasteiger charge is -2.40. The molecule has 1 aliphatic heterocycles. The lowest BCUT2D eigenvalue weighted by atomic mass is 9.98. The Morgan fingerprint density at radius 1 is 1.15 bits per heavy atom. The molecule has 0 spiro atoms. The molecule has 3 heterocycles. The molecule has 1 aromatic carbocycles. The number of nitrogens with zero attached hydrogens (tertiary/aromatic N) is 4. The number of pyridine rings is 1. The van der Waals surface area contributed by atoms with Crippen molar-refractivity contribution in [3.63, 3.8) is 0 Å². The third kappa shape index (κ3) is 5.16. The Bertz CT molecular complexity index is 1170. The van der Waals surface area contributed by atoms with Crippen LogP contribution in [0.15, 0.2) is 36.8 Å². The van der Waals surface area contributed by atoms with Crippen LogP contribution in [0.2, 0.25) is 10.0 Å². The molecule has 0 bridgehead atoms. The number of nitrogens with two attached hydrogens (primary N) is 1. The maximum absolute atomic E-state index is 14.0. The van der Waals surface area contributed by atoms with Crippen LogP contribution in [0.25, 0.3) is 11.1 Å². The summed E-state index contributed by atoms with van der Waals surface area (Å²) in [6.45, 7) is 10.6. The summed E-state index contributed by atoms with van der Waals surface area (Å²) in [5.41, 5.74) is 8.36. The van der Waals surface area contributed by atoms with E-state index in [0.717, 1.165) is 37.1 Å². The molecule has 0 amide bonds. The molecule has 1 aliphatic rings. The highest BCUT2D eigenvalue weighted by molar-refractivity contribution is 6.36. The molecule has 4 rings (SSSR count). The highest BCUT2D eigenvalue weighted by Gasteiger charge is 2.28. The van der Waals surface area contributed by atoms with Gasteiger partial charge >= 0.3 is 0 Å². The lowest BCUT2D eigenvalue weighted by Crippen LogP contribution is -2.46. The van der Waals surface area contributed by atoms with Gasteiger partial charge in [0.05, 0.1) is 17.3 Å². The minimum Gasteiger partial charge on any atom is -0.482 e. The maximum Gasteiger partial charge on any atom is 0.166 e. The molecule has 1 atom stereocenters. The molecule has 1 fully saturated rings. The number of ether oxygens (including phenoxy) is 1. The van der Waals surface area contributed by atoms with Gasteiger partial charge in [0.25, 0.3) is 0 Å². The molecule has 3 aromatic rings. The molecule has 0 saturated carbocycles. The maximum atomic E-state index is 14.0. The minimum absolute atomic E-state index is 0.0681. The van der Waals surface area contributed by atoms with Crippen LogP contribution in [-0.4, -0.2) is 38.3 Å². The SMILES string of the molecule is C[C@@H](Oc1cc(-c2cnn(C3CCN(C(C)(C)C)CC3)c2)cnc1N)c1c(Cl)ccc(F)c1Cl. The number of rotatable bonds is 5. The van der Waals surface area contributed by atoms with Gasteiger partial charge in [-0.3, -0.25) is 9.58 Å². The molecule has 6 nitrogen and oxygen atoms in total. The first-order valence-electron chi connectivity index (χ1n) is 11.4. The van der Waals surface area contributed by atoms with Crippen LogP contribution >= 0.6 is 23.2 Å². The number of likely N-dealkylation sites (tertiary alicyclic amines) is 1. The average Bonchev–Trinajstić information content (AvgIpc) is 3.28. The zero-order valence-corrected chi connectivity index (χ0v) is 21.4. The van der Waals surface area contributed by atoms with Crippen LogP contribution in [0.1, 0.15) is 58.2 Å². The molecular formula is C25H30Cl2FN5O. The Morgan fingerprint density at radius 2 is 1.85 bits per heavy atom. The Morgan fingerprint density at radius 3 is 2.53 bits per heavy atom. The van der Waals surface area contributed by atoms with Gasteiger partial charge < -0.3 is 10.5 Å². The second-order valence-corrected chi connectivity index (χ2v) is 10.5. The van der Waals surface area contributed by atoms with Crippen LogP contribution in [0, 0.1) is 5.82 Å². The zero-order chi connectivity index (χ0) is 24.6. The normalized spacial score (nSPS) is 16.6. The van der Waals surface area contributed by atoms with Crippen molar-refractivity contribution >= 4 is 29.0 Å². The van der Waals surface area contributed by atoms with Gasteiger partial charge in [0.1, 0.15) is 11.9 Å². The number of piperidine rings is 1. The Balaban J connectivity index is 1.51. The Kier molecular flexibility index (Phi) is 7.08. The van der Waals surface area contributed by atoms with Crippen molar-refractivity contribution in [2.24, 2.45) is 0 Å². The Labute approximate surface area is 209 Å². The third-order valence-electron chi connectivity index (χ3n) is 6.39. The summed E-state index contributed by atoms with van der Waals surface area (Å²) < 4.78 is 22.0. The number of hydrogen-bond acceptors (Lipinski definition) is 5. The van der Waals surface area contributed by atoms with Crippen molar-refractivity contribution in [3.05, 3.63) is 58.2 Å². The Hall–Kier alpha value is -2.35. The molecular weight excluding hydrogens is 476 g/mol. The number of hydrogen-bond donors (Lipinski definition) is 1. The predicted molar refractivity (Wildman–Crippen MR) is 135 cm³/mol. The number of benzene rings is 1. The smallest absolute Gasteiger partial charge is 0.166 e. The van der Waals surface area contributed by atoms with Gasteiger partial charge in [0.15, 0.2) is 11.6 Å². The van der Waals surface area contributed by atoms with Crippen molar-refractivity contribution in [1.29, 1.82) is 0 Å².